The van der Waals surface area contributed by atoms with Crippen LogP contribution in [0.2, 0.25) is 0 Å². The van der Waals surface area contributed by atoms with Crippen LogP contribution < -0.4 is 9.64 Å². The van der Waals surface area contributed by atoms with Crippen molar-refractivity contribution < 1.29 is 9.53 Å². The smallest absolute Gasteiger partial charge is 0.227 e. The first-order valence-corrected chi connectivity index (χ1v) is 11.6. The lowest BCUT2D eigenvalue weighted by Gasteiger charge is -2.18. The quantitative estimate of drug-likeness (QED) is 0.350. The van der Waals surface area contributed by atoms with E-state index >= 15 is 0 Å². The predicted octanol–water partition coefficient (Wildman–Crippen LogP) is 5.64. The highest BCUT2D eigenvalue weighted by molar-refractivity contribution is 5.96. The van der Waals surface area contributed by atoms with Crippen molar-refractivity contribution in [3.8, 4) is 5.75 Å². The lowest BCUT2D eigenvalue weighted by atomic mass is 10.1. The average Bonchev–Trinajstić information content (AvgIpc) is 3.38. The van der Waals surface area contributed by atoms with Crippen molar-refractivity contribution in [2.75, 3.05) is 18.1 Å². The maximum atomic E-state index is 12.9. The number of carbonyl (C=O) groups is 1. The molecule has 4 aromatic rings. The van der Waals surface area contributed by atoms with Crippen LogP contribution in [0, 0.1) is 13.8 Å². The fourth-order valence-corrected chi connectivity index (χ4v) is 4.69. The molecule has 3 aromatic carbocycles. The summed E-state index contributed by atoms with van der Waals surface area (Å²) >= 11 is 0. The van der Waals surface area contributed by atoms with Crippen molar-refractivity contribution in [2.24, 2.45) is 0 Å². The summed E-state index contributed by atoms with van der Waals surface area (Å²) in [4.78, 5) is 19.8. The van der Waals surface area contributed by atoms with Crippen LogP contribution >= 0.6 is 0 Å². The Bertz CT molecular complexity index is 1290. The van der Waals surface area contributed by atoms with Gasteiger partial charge in [0.2, 0.25) is 5.91 Å². The molecule has 0 saturated carbocycles. The largest absolute Gasteiger partial charge is 0.493 e. The molecule has 1 amide bonds. The monoisotopic (exact) mass is 439 g/mol. The van der Waals surface area contributed by atoms with Crippen LogP contribution in [-0.2, 0) is 11.3 Å². The van der Waals surface area contributed by atoms with Gasteiger partial charge in [-0.05, 0) is 61.7 Å². The number of hydrogen-bond acceptors (Lipinski definition) is 3. The zero-order valence-corrected chi connectivity index (χ0v) is 19.2. The lowest BCUT2D eigenvalue weighted by molar-refractivity contribution is -0.117. The molecule has 0 unspecified atom stereocenters. The van der Waals surface area contributed by atoms with Gasteiger partial charge in [0.05, 0.1) is 17.6 Å². The number of aromatic nitrogens is 2. The van der Waals surface area contributed by atoms with Crippen molar-refractivity contribution in [1.29, 1.82) is 0 Å². The van der Waals surface area contributed by atoms with Crippen LogP contribution in [0.3, 0.4) is 0 Å². The number of benzene rings is 3. The van der Waals surface area contributed by atoms with E-state index in [1.807, 2.05) is 53.4 Å². The minimum Gasteiger partial charge on any atom is -0.493 e. The van der Waals surface area contributed by atoms with Gasteiger partial charge in [0, 0.05) is 31.1 Å². The fourth-order valence-electron chi connectivity index (χ4n) is 4.69. The van der Waals surface area contributed by atoms with Gasteiger partial charge in [-0.2, -0.15) is 0 Å². The third kappa shape index (κ3) is 4.36. The Morgan fingerprint density at radius 1 is 1.00 bits per heavy atom. The van der Waals surface area contributed by atoms with Gasteiger partial charge in [-0.3, -0.25) is 4.79 Å². The Balaban J connectivity index is 1.36. The molecule has 168 valence electrons. The molecule has 1 saturated heterocycles. The first-order chi connectivity index (χ1) is 16.1. The third-order valence-electron chi connectivity index (χ3n) is 6.36. The highest BCUT2D eigenvalue weighted by atomic mass is 16.5. The number of para-hydroxylation sites is 3. The van der Waals surface area contributed by atoms with E-state index < -0.39 is 0 Å². The fraction of sp³-hybridized carbons (Fsp3) is 0.286. The van der Waals surface area contributed by atoms with Gasteiger partial charge in [0.15, 0.2) is 0 Å². The summed E-state index contributed by atoms with van der Waals surface area (Å²) in [6, 6.07) is 24.5. The molecule has 1 atom stereocenters. The summed E-state index contributed by atoms with van der Waals surface area (Å²) < 4.78 is 8.31. The number of fused-ring (bicyclic) bond motifs is 1. The van der Waals surface area contributed by atoms with E-state index in [0.29, 0.717) is 19.6 Å². The number of imidazole rings is 1. The van der Waals surface area contributed by atoms with Crippen molar-refractivity contribution in [1.82, 2.24) is 9.55 Å². The summed E-state index contributed by atoms with van der Waals surface area (Å²) in [7, 11) is 0. The second-order valence-corrected chi connectivity index (χ2v) is 8.82. The van der Waals surface area contributed by atoms with Gasteiger partial charge >= 0.3 is 0 Å². The highest BCUT2D eigenvalue weighted by Gasteiger charge is 2.34. The molecule has 5 nitrogen and oxygen atoms in total. The molecule has 1 aliphatic heterocycles. The van der Waals surface area contributed by atoms with Crippen molar-refractivity contribution in [3.05, 3.63) is 89.7 Å². The number of carbonyl (C=O) groups excluding carboxylic acids is 1. The number of aryl methyl sites for hydroxylation is 3. The second-order valence-electron chi connectivity index (χ2n) is 8.82. The van der Waals surface area contributed by atoms with E-state index in [9.17, 15) is 4.79 Å². The maximum Gasteiger partial charge on any atom is 0.227 e. The molecule has 2 heterocycles. The van der Waals surface area contributed by atoms with Crippen molar-refractivity contribution in [2.45, 2.75) is 39.2 Å². The lowest BCUT2D eigenvalue weighted by Crippen LogP contribution is -2.24. The van der Waals surface area contributed by atoms with Crippen LogP contribution in [0.5, 0.6) is 5.75 Å². The summed E-state index contributed by atoms with van der Waals surface area (Å²) in [5, 5.41) is 0. The molecule has 1 aliphatic rings. The molecule has 0 aliphatic carbocycles. The Hall–Kier alpha value is -3.60. The van der Waals surface area contributed by atoms with Gasteiger partial charge in [-0.1, -0.05) is 42.5 Å². The van der Waals surface area contributed by atoms with E-state index in [4.69, 9.17) is 9.72 Å². The molecule has 0 spiro atoms. The third-order valence-corrected chi connectivity index (χ3v) is 6.36. The molecule has 1 fully saturated rings. The van der Waals surface area contributed by atoms with Crippen LogP contribution in [0.25, 0.3) is 11.0 Å². The van der Waals surface area contributed by atoms with Crippen LogP contribution in [0.1, 0.15) is 35.7 Å². The van der Waals surface area contributed by atoms with Crippen LogP contribution in [0.15, 0.2) is 72.8 Å². The summed E-state index contributed by atoms with van der Waals surface area (Å²) in [6.07, 6.45) is 1.35. The Morgan fingerprint density at radius 2 is 1.82 bits per heavy atom. The molecular formula is C28H29N3O2. The van der Waals surface area contributed by atoms with E-state index in [0.717, 1.165) is 52.4 Å². The standard InChI is InChI=1S/C28H29N3O2/c1-20-9-7-11-23(17-20)31-19-22(18-27(31)32)28-29-24-12-4-5-13-25(24)30(28)15-8-16-33-26-14-6-3-10-21(26)2/h3-7,9-14,17,22H,8,15-16,18-19H2,1-2H3/t22-/m1/s1. The topological polar surface area (TPSA) is 47.4 Å². The number of ether oxygens (including phenoxy) is 1. The first-order valence-electron chi connectivity index (χ1n) is 11.6. The van der Waals surface area contributed by atoms with Gasteiger partial charge in [0.25, 0.3) is 0 Å². The normalized spacial score (nSPS) is 16.0. The molecule has 5 heteroatoms. The number of amides is 1. The average molecular weight is 440 g/mol. The van der Waals surface area contributed by atoms with Gasteiger partial charge in [-0.15, -0.1) is 0 Å². The van der Waals surface area contributed by atoms with E-state index in [2.05, 4.69) is 42.7 Å². The number of nitrogens with zero attached hydrogens (tertiary/aromatic N) is 3. The van der Waals surface area contributed by atoms with E-state index in [-0.39, 0.29) is 11.8 Å². The molecule has 5 rings (SSSR count). The van der Waals surface area contributed by atoms with Crippen LogP contribution in [0.4, 0.5) is 5.69 Å². The summed E-state index contributed by atoms with van der Waals surface area (Å²) in [6.45, 7) is 6.21. The SMILES string of the molecule is Cc1cccc(N2C[C@H](c3nc4ccccc4n3CCCOc3ccccc3C)CC2=O)c1. The molecule has 0 radical (unpaired) electrons. The molecule has 0 bridgehead atoms. The molecule has 1 aromatic heterocycles. The summed E-state index contributed by atoms with van der Waals surface area (Å²) in [5.74, 6) is 2.16. The Labute approximate surface area is 194 Å². The predicted molar refractivity (Wildman–Crippen MR) is 132 cm³/mol. The zero-order valence-electron chi connectivity index (χ0n) is 19.2. The second kappa shape index (κ2) is 9.10. The summed E-state index contributed by atoms with van der Waals surface area (Å²) in [5.41, 5.74) is 5.37. The number of anilines is 1. The van der Waals surface area contributed by atoms with Gasteiger partial charge in [0.1, 0.15) is 11.6 Å². The molecule has 0 N–H and O–H groups in total. The zero-order chi connectivity index (χ0) is 22.8. The van der Waals surface area contributed by atoms with E-state index in [1.165, 1.54) is 0 Å². The highest BCUT2D eigenvalue weighted by Crippen LogP contribution is 2.33. The van der Waals surface area contributed by atoms with Crippen molar-refractivity contribution >= 4 is 22.6 Å². The molecular weight excluding hydrogens is 410 g/mol. The van der Waals surface area contributed by atoms with Gasteiger partial charge in [-0.25, -0.2) is 4.98 Å². The van der Waals surface area contributed by atoms with Crippen molar-refractivity contribution in [3.63, 3.8) is 0 Å². The Morgan fingerprint density at radius 3 is 2.67 bits per heavy atom. The number of rotatable bonds is 7. The van der Waals surface area contributed by atoms with Crippen LogP contribution in [-0.4, -0.2) is 28.6 Å². The Kier molecular flexibility index (Phi) is 5.86. The van der Waals surface area contributed by atoms with Gasteiger partial charge < -0.3 is 14.2 Å². The first kappa shape index (κ1) is 21.3. The minimum atomic E-state index is 0.0719. The maximum absolute atomic E-state index is 12.9. The minimum absolute atomic E-state index is 0.0719. The van der Waals surface area contributed by atoms with E-state index in [1.54, 1.807) is 0 Å². The molecule has 33 heavy (non-hydrogen) atoms. The number of hydrogen-bond donors (Lipinski definition) is 0.